The van der Waals surface area contributed by atoms with Crippen LogP contribution in [0.1, 0.15) is 48.7 Å². The molecule has 0 saturated heterocycles. The molecule has 0 bridgehead atoms. The monoisotopic (exact) mass is 370 g/mol. The lowest BCUT2D eigenvalue weighted by Gasteiger charge is -2.17. The van der Waals surface area contributed by atoms with Crippen LogP contribution in [0.4, 0.5) is 0 Å². The number of hydrogen-bond acceptors (Lipinski definition) is 4. The van der Waals surface area contributed by atoms with Gasteiger partial charge in [0.05, 0.1) is 13.2 Å². The first-order valence-electron chi connectivity index (χ1n) is 9.45. The van der Waals surface area contributed by atoms with Gasteiger partial charge in [0.1, 0.15) is 0 Å². The molecule has 1 amide bonds. The molecule has 2 N–H and O–H groups in total. The molecule has 5 heteroatoms. The van der Waals surface area contributed by atoms with Crippen molar-refractivity contribution in [3.63, 3.8) is 0 Å². The second-order valence-electron chi connectivity index (χ2n) is 6.67. The standard InChI is InChI=1S/C22H30N2O3/c1-5-12-24-22(25)18-9-6-8-17(13-18)14-23-15-19-10-7-11-20(26-4)21(19)27-16(2)3/h6-11,13,16,23H,5,12,14-15H2,1-4H3,(H,24,25). The number of para-hydroxylation sites is 1. The number of nitrogens with one attached hydrogen (secondary N) is 2. The van der Waals surface area contributed by atoms with Crippen molar-refractivity contribution in [1.29, 1.82) is 0 Å². The Morgan fingerprint density at radius 3 is 2.59 bits per heavy atom. The highest BCUT2D eigenvalue weighted by Gasteiger charge is 2.12. The molecule has 0 atom stereocenters. The summed E-state index contributed by atoms with van der Waals surface area (Å²) in [7, 11) is 1.65. The lowest BCUT2D eigenvalue weighted by molar-refractivity contribution is 0.0953. The quantitative estimate of drug-likeness (QED) is 0.666. The van der Waals surface area contributed by atoms with Gasteiger partial charge in [0.15, 0.2) is 11.5 Å². The summed E-state index contributed by atoms with van der Waals surface area (Å²) in [5.41, 5.74) is 2.79. The van der Waals surface area contributed by atoms with Gasteiger partial charge in [-0.1, -0.05) is 31.2 Å². The van der Waals surface area contributed by atoms with Gasteiger partial charge in [0, 0.05) is 30.8 Å². The molecule has 0 spiro atoms. The van der Waals surface area contributed by atoms with Gasteiger partial charge in [0.25, 0.3) is 5.91 Å². The van der Waals surface area contributed by atoms with Gasteiger partial charge in [-0.05, 0) is 44.0 Å². The second kappa shape index (κ2) is 10.6. The molecule has 0 saturated carbocycles. The molecule has 2 aromatic rings. The fourth-order valence-electron chi connectivity index (χ4n) is 2.74. The first kappa shape index (κ1) is 20.8. The summed E-state index contributed by atoms with van der Waals surface area (Å²) in [4.78, 5) is 12.1. The maximum atomic E-state index is 12.1. The highest BCUT2D eigenvalue weighted by atomic mass is 16.5. The van der Waals surface area contributed by atoms with Crippen molar-refractivity contribution in [2.24, 2.45) is 0 Å². The number of benzene rings is 2. The highest BCUT2D eigenvalue weighted by molar-refractivity contribution is 5.94. The van der Waals surface area contributed by atoms with E-state index in [0.29, 0.717) is 25.2 Å². The summed E-state index contributed by atoms with van der Waals surface area (Å²) in [6, 6.07) is 13.6. The van der Waals surface area contributed by atoms with Crippen molar-refractivity contribution in [3.8, 4) is 11.5 Å². The van der Waals surface area contributed by atoms with E-state index in [9.17, 15) is 4.79 Å². The lowest BCUT2D eigenvalue weighted by Crippen LogP contribution is -2.24. The van der Waals surface area contributed by atoms with Crippen molar-refractivity contribution < 1.29 is 14.3 Å². The summed E-state index contributed by atoms with van der Waals surface area (Å²) < 4.78 is 11.4. The van der Waals surface area contributed by atoms with E-state index in [-0.39, 0.29) is 12.0 Å². The van der Waals surface area contributed by atoms with E-state index in [1.54, 1.807) is 7.11 Å². The van der Waals surface area contributed by atoms with Gasteiger partial charge < -0.3 is 20.1 Å². The first-order chi connectivity index (χ1) is 13.0. The molecule has 0 radical (unpaired) electrons. The van der Waals surface area contributed by atoms with Gasteiger partial charge >= 0.3 is 0 Å². The van der Waals surface area contributed by atoms with Crippen LogP contribution in [-0.4, -0.2) is 25.7 Å². The molecule has 0 heterocycles. The van der Waals surface area contributed by atoms with Crippen molar-refractivity contribution in [2.75, 3.05) is 13.7 Å². The Balaban J connectivity index is 2.01. The first-order valence-corrected chi connectivity index (χ1v) is 9.45. The Labute approximate surface area is 162 Å². The molecule has 0 fully saturated rings. The molecule has 0 aromatic heterocycles. The third-order valence-corrected chi connectivity index (χ3v) is 4.00. The molecular weight excluding hydrogens is 340 g/mol. The zero-order chi connectivity index (χ0) is 19.6. The van der Waals surface area contributed by atoms with E-state index < -0.39 is 0 Å². The smallest absolute Gasteiger partial charge is 0.251 e. The minimum absolute atomic E-state index is 0.0286. The summed E-state index contributed by atoms with van der Waals surface area (Å²) in [6.45, 7) is 8.03. The third-order valence-electron chi connectivity index (χ3n) is 4.00. The van der Waals surface area contributed by atoms with Crippen LogP contribution in [-0.2, 0) is 13.1 Å². The van der Waals surface area contributed by atoms with E-state index in [4.69, 9.17) is 9.47 Å². The zero-order valence-electron chi connectivity index (χ0n) is 16.7. The van der Waals surface area contributed by atoms with Crippen molar-refractivity contribution in [3.05, 3.63) is 59.2 Å². The topological polar surface area (TPSA) is 59.6 Å². The predicted molar refractivity (Wildman–Crippen MR) is 108 cm³/mol. The number of methoxy groups -OCH3 is 1. The SMILES string of the molecule is CCCNC(=O)c1cccc(CNCc2cccc(OC)c2OC(C)C)c1. The van der Waals surface area contributed by atoms with E-state index in [2.05, 4.69) is 10.6 Å². The molecule has 0 unspecified atom stereocenters. The highest BCUT2D eigenvalue weighted by Crippen LogP contribution is 2.32. The molecule has 27 heavy (non-hydrogen) atoms. The second-order valence-corrected chi connectivity index (χ2v) is 6.67. The van der Waals surface area contributed by atoms with Gasteiger partial charge in [-0.2, -0.15) is 0 Å². The zero-order valence-corrected chi connectivity index (χ0v) is 16.7. The maximum absolute atomic E-state index is 12.1. The van der Waals surface area contributed by atoms with E-state index in [0.717, 1.165) is 29.0 Å². The minimum Gasteiger partial charge on any atom is -0.493 e. The van der Waals surface area contributed by atoms with Crippen LogP contribution in [0.3, 0.4) is 0 Å². The molecule has 2 aromatic carbocycles. The summed E-state index contributed by atoms with van der Waals surface area (Å²) in [5, 5.41) is 6.33. The molecule has 0 aliphatic heterocycles. The van der Waals surface area contributed by atoms with Crippen LogP contribution < -0.4 is 20.1 Å². The Hall–Kier alpha value is -2.53. The average Bonchev–Trinajstić information content (AvgIpc) is 2.67. The number of ether oxygens (including phenoxy) is 2. The lowest BCUT2D eigenvalue weighted by atomic mass is 10.1. The molecule has 146 valence electrons. The number of hydrogen-bond donors (Lipinski definition) is 2. The Morgan fingerprint density at radius 1 is 1.11 bits per heavy atom. The Bertz CT molecular complexity index is 744. The molecular formula is C22H30N2O3. The van der Waals surface area contributed by atoms with Crippen molar-refractivity contribution >= 4 is 5.91 Å². The molecule has 0 aliphatic carbocycles. The normalized spacial score (nSPS) is 10.7. The average molecular weight is 370 g/mol. The Kier molecular flexibility index (Phi) is 8.14. The van der Waals surface area contributed by atoms with Gasteiger partial charge in [-0.15, -0.1) is 0 Å². The summed E-state index contributed by atoms with van der Waals surface area (Å²) in [6.07, 6.45) is 0.993. The number of amides is 1. The largest absolute Gasteiger partial charge is 0.493 e. The fraction of sp³-hybridized carbons (Fsp3) is 0.409. The number of rotatable bonds is 10. The fourth-order valence-corrected chi connectivity index (χ4v) is 2.74. The van der Waals surface area contributed by atoms with E-state index >= 15 is 0 Å². The minimum atomic E-state index is -0.0286. The van der Waals surface area contributed by atoms with Crippen LogP contribution in [0, 0.1) is 0 Å². The molecule has 0 aliphatic rings. The maximum Gasteiger partial charge on any atom is 0.251 e. The van der Waals surface area contributed by atoms with Crippen LogP contribution in [0.15, 0.2) is 42.5 Å². The number of carbonyl (C=O) groups excluding carboxylic acids is 1. The summed E-state index contributed by atoms with van der Waals surface area (Å²) >= 11 is 0. The van der Waals surface area contributed by atoms with Crippen molar-refractivity contribution in [2.45, 2.75) is 46.4 Å². The van der Waals surface area contributed by atoms with Crippen LogP contribution >= 0.6 is 0 Å². The van der Waals surface area contributed by atoms with E-state index in [1.165, 1.54) is 0 Å². The van der Waals surface area contributed by atoms with Crippen LogP contribution in [0.25, 0.3) is 0 Å². The summed E-state index contributed by atoms with van der Waals surface area (Å²) in [5.74, 6) is 1.48. The van der Waals surface area contributed by atoms with E-state index in [1.807, 2.05) is 63.2 Å². The molecule has 2 rings (SSSR count). The van der Waals surface area contributed by atoms with Crippen LogP contribution in [0.2, 0.25) is 0 Å². The van der Waals surface area contributed by atoms with Gasteiger partial charge in [0.2, 0.25) is 0 Å². The van der Waals surface area contributed by atoms with Crippen molar-refractivity contribution in [1.82, 2.24) is 10.6 Å². The van der Waals surface area contributed by atoms with Gasteiger partial charge in [-0.3, -0.25) is 4.79 Å². The predicted octanol–water partition coefficient (Wildman–Crippen LogP) is 3.91. The number of carbonyl (C=O) groups is 1. The van der Waals surface area contributed by atoms with Crippen LogP contribution in [0.5, 0.6) is 11.5 Å². The third kappa shape index (κ3) is 6.29. The Morgan fingerprint density at radius 2 is 1.89 bits per heavy atom. The van der Waals surface area contributed by atoms with Gasteiger partial charge in [-0.25, -0.2) is 0 Å². The molecule has 5 nitrogen and oxygen atoms in total.